The molecule has 1 atom stereocenters. The molecule has 0 spiro atoms. The van der Waals surface area contributed by atoms with Gasteiger partial charge in [0.1, 0.15) is 11.5 Å². The molecule has 0 radical (unpaired) electrons. The number of aryl methyl sites for hydroxylation is 1. The number of benzene rings is 2. The molecule has 1 aromatic heterocycles. The van der Waals surface area contributed by atoms with Crippen LogP contribution in [0, 0.1) is 6.92 Å². The predicted octanol–water partition coefficient (Wildman–Crippen LogP) is 4.37. The van der Waals surface area contributed by atoms with Crippen molar-refractivity contribution in [2.45, 2.75) is 13.0 Å². The summed E-state index contributed by atoms with van der Waals surface area (Å²) in [6, 6.07) is 16.7. The van der Waals surface area contributed by atoms with Gasteiger partial charge in [0.15, 0.2) is 5.82 Å². The summed E-state index contributed by atoms with van der Waals surface area (Å²) in [5, 5.41) is 14.8. The number of nitrogens with zero attached hydrogens (tertiary/aromatic N) is 2. The van der Waals surface area contributed by atoms with E-state index >= 15 is 0 Å². The van der Waals surface area contributed by atoms with E-state index < -0.39 is 17.7 Å². The van der Waals surface area contributed by atoms with Crippen molar-refractivity contribution in [1.29, 1.82) is 0 Å². The highest BCUT2D eigenvalue weighted by atomic mass is 79.9. The molecule has 28 heavy (non-hydrogen) atoms. The van der Waals surface area contributed by atoms with Gasteiger partial charge < -0.3 is 9.63 Å². The summed E-state index contributed by atoms with van der Waals surface area (Å²) >= 11 is 3.34. The molecule has 2 aromatic carbocycles. The summed E-state index contributed by atoms with van der Waals surface area (Å²) < 4.78 is 5.93. The van der Waals surface area contributed by atoms with E-state index in [0.717, 1.165) is 4.47 Å². The molecule has 1 aliphatic rings. The predicted molar refractivity (Wildman–Crippen MR) is 107 cm³/mol. The van der Waals surface area contributed by atoms with Crippen molar-refractivity contribution in [3.63, 3.8) is 0 Å². The van der Waals surface area contributed by atoms with E-state index in [9.17, 15) is 14.7 Å². The minimum Gasteiger partial charge on any atom is -0.507 e. The minimum absolute atomic E-state index is 0.0131. The van der Waals surface area contributed by atoms with Crippen molar-refractivity contribution in [2.24, 2.45) is 0 Å². The lowest BCUT2D eigenvalue weighted by Crippen LogP contribution is -2.29. The van der Waals surface area contributed by atoms with Crippen molar-refractivity contribution in [3.8, 4) is 0 Å². The normalized spacial score (nSPS) is 18.6. The standard InChI is InChI=1S/C21H15BrN2O4/c1-12-11-16(23-28-12)24-18(13-5-3-2-4-6-13)17(20(26)21(24)27)19(25)14-7-9-15(22)10-8-14/h2-11,18,25H,1H3/b19-17+/t18-/m1/s1. The molecule has 0 aliphatic carbocycles. The van der Waals surface area contributed by atoms with Gasteiger partial charge >= 0.3 is 5.91 Å². The van der Waals surface area contributed by atoms with Gasteiger partial charge in [0.25, 0.3) is 5.78 Å². The van der Waals surface area contributed by atoms with E-state index in [1.807, 2.05) is 18.2 Å². The number of carbonyl (C=O) groups excluding carboxylic acids is 2. The first kappa shape index (κ1) is 18.2. The fraction of sp³-hybridized carbons (Fsp3) is 0.0952. The Kier molecular flexibility index (Phi) is 4.60. The van der Waals surface area contributed by atoms with Gasteiger partial charge in [0.05, 0.1) is 11.6 Å². The molecule has 7 heteroatoms. The maximum Gasteiger partial charge on any atom is 0.301 e. The first-order valence-corrected chi connectivity index (χ1v) is 9.32. The van der Waals surface area contributed by atoms with Crippen LogP contribution in [-0.4, -0.2) is 22.0 Å². The van der Waals surface area contributed by atoms with Crippen molar-refractivity contribution in [1.82, 2.24) is 5.16 Å². The molecule has 3 aromatic rings. The first-order chi connectivity index (χ1) is 13.5. The summed E-state index contributed by atoms with van der Waals surface area (Å²) in [6.45, 7) is 1.70. The SMILES string of the molecule is Cc1cc(N2C(=O)C(=O)/C(=C(/O)c3ccc(Br)cc3)[C@H]2c2ccccc2)no1. The number of amides is 1. The summed E-state index contributed by atoms with van der Waals surface area (Å²) in [4.78, 5) is 27.0. The fourth-order valence-electron chi connectivity index (χ4n) is 3.25. The van der Waals surface area contributed by atoms with Crippen LogP contribution in [0.5, 0.6) is 0 Å². The van der Waals surface area contributed by atoms with Crippen LogP contribution in [0.4, 0.5) is 5.82 Å². The third-order valence-corrected chi connectivity index (χ3v) is 5.07. The molecule has 0 unspecified atom stereocenters. The average molecular weight is 439 g/mol. The number of carbonyl (C=O) groups is 2. The van der Waals surface area contributed by atoms with Crippen molar-refractivity contribution < 1.29 is 19.2 Å². The van der Waals surface area contributed by atoms with Gasteiger partial charge in [-0.25, -0.2) is 0 Å². The zero-order chi connectivity index (χ0) is 19.8. The Hall–Kier alpha value is -3.19. The molecule has 4 rings (SSSR count). The lowest BCUT2D eigenvalue weighted by molar-refractivity contribution is -0.132. The first-order valence-electron chi connectivity index (χ1n) is 8.52. The molecule has 140 valence electrons. The van der Waals surface area contributed by atoms with E-state index in [2.05, 4.69) is 21.1 Å². The van der Waals surface area contributed by atoms with E-state index in [-0.39, 0.29) is 17.2 Å². The number of hydrogen-bond donors (Lipinski definition) is 1. The summed E-state index contributed by atoms with van der Waals surface area (Å²) in [6.07, 6.45) is 0. The fourth-order valence-corrected chi connectivity index (χ4v) is 3.51. The second-order valence-corrected chi connectivity index (χ2v) is 7.30. The van der Waals surface area contributed by atoms with Gasteiger partial charge in [-0.1, -0.05) is 63.6 Å². The Morgan fingerprint density at radius 2 is 1.79 bits per heavy atom. The maximum absolute atomic E-state index is 12.9. The number of halogens is 1. The van der Waals surface area contributed by atoms with Gasteiger partial charge in [-0.05, 0) is 24.6 Å². The third-order valence-electron chi connectivity index (χ3n) is 4.54. The topological polar surface area (TPSA) is 83.6 Å². The summed E-state index contributed by atoms with van der Waals surface area (Å²) in [5.74, 6) is -1.03. The van der Waals surface area contributed by atoms with Crippen LogP contribution in [0.2, 0.25) is 0 Å². The highest BCUT2D eigenvalue weighted by Crippen LogP contribution is 2.41. The van der Waals surface area contributed by atoms with Gasteiger partial charge in [0.2, 0.25) is 0 Å². The van der Waals surface area contributed by atoms with Gasteiger partial charge in [-0.15, -0.1) is 0 Å². The monoisotopic (exact) mass is 438 g/mol. The molecular weight excluding hydrogens is 424 g/mol. The second kappa shape index (κ2) is 7.09. The number of aliphatic hydroxyl groups is 1. The van der Waals surface area contributed by atoms with Crippen LogP contribution in [0.3, 0.4) is 0 Å². The highest BCUT2D eigenvalue weighted by molar-refractivity contribution is 9.10. The van der Waals surface area contributed by atoms with Crippen molar-refractivity contribution in [3.05, 3.63) is 87.6 Å². The Bertz CT molecular complexity index is 1090. The molecule has 2 heterocycles. The lowest BCUT2D eigenvalue weighted by Gasteiger charge is -2.22. The number of ketones is 1. The Balaban J connectivity index is 1.93. The molecule has 0 bridgehead atoms. The third kappa shape index (κ3) is 3.03. The Morgan fingerprint density at radius 1 is 1.11 bits per heavy atom. The van der Waals surface area contributed by atoms with Crippen LogP contribution in [0.1, 0.15) is 22.9 Å². The minimum atomic E-state index is -0.811. The van der Waals surface area contributed by atoms with Crippen LogP contribution < -0.4 is 4.90 Å². The largest absolute Gasteiger partial charge is 0.507 e. The number of aromatic nitrogens is 1. The maximum atomic E-state index is 12.9. The average Bonchev–Trinajstić information content (AvgIpc) is 3.24. The number of Topliss-reactive ketones (excluding diaryl/α,β-unsaturated/α-hetero) is 1. The summed E-state index contributed by atoms with van der Waals surface area (Å²) in [7, 11) is 0. The van der Waals surface area contributed by atoms with Crippen LogP contribution in [0.15, 0.2) is 75.2 Å². The number of aliphatic hydroxyl groups excluding tert-OH is 1. The van der Waals surface area contributed by atoms with E-state index in [0.29, 0.717) is 16.9 Å². The van der Waals surface area contributed by atoms with Gasteiger partial charge in [-0.2, -0.15) is 0 Å². The van der Waals surface area contributed by atoms with Crippen molar-refractivity contribution in [2.75, 3.05) is 4.90 Å². The lowest BCUT2D eigenvalue weighted by atomic mass is 9.95. The van der Waals surface area contributed by atoms with E-state index in [1.54, 1.807) is 49.4 Å². The molecule has 6 nitrogen and oxygen atoms in total. The Morgan fingerprint density at radius 3 is 2.39 bits per heavy atom. The zero-order valence-electron chi connectivity index (χ0n) is 14.8. The molecular formula is C21H15BrN2O4. The number of anilines is 1. The van der Waals surface area contributed by atoms with Crippen LogP contribution in [-0.2, 0) is 9.59 Å². The van der Waals surface area contributed by atoms with Gasteiger partial charge in [-0.3, -0.25) is 14.5 Å². The summed E-state index contributed by atoms with van der Waals surface area (Å²) in [5.41, 5.74) is 1.14. The van der Waals surface area contributed by atoms with E-state index in [4.69, 9.17) is 4.52 Å². The molecule has 1 N–H and O–H groups in total. The second-order valence-electron chi connectivity index (χ2n) is 6.38. The Labute approximate surface area is 169 Å². The smallest absolute Gasteiger partial charge is 0.301 e. The molecule has 1 fully saturated rings. The van der Waals surface area contributed by atoms with E-state index in [1.165, 1.54) is 4.90 Å². The molecule has 0 saturated carbocycles. The van der Waals surface area contributed by atoms with Crippen molar-refractivity contribution >= 4 is 39.2 Å². The highest BCUT2D eigenvalue weighted by Gasteiger charge is 2.48. The molecule has 1 saturated heterocycles. The number of rotatable bonds is 3. The molecule has 1 amide bonds. The van der Waals surface area contributed by atoms with Crippen LogP contribution >= 0.6 is 15.9 Å². The number of hydrogen-bond acceptors (Lipinski definition) is 5. The van der Waals surface area contributed by atoms with Crippen LogP contribution in [0.25, 0.3) is 5.76 Å². The zero-order valence-corrected chi connectivity index (χ0v) is 16.4. The quantitative estimate of drug-likeness (QED) is 0.372. The molecule has 1 aliphatic heterocycles. The van der Waals surface area contributed by atoms with Gasteiger partial charge in [0, 0.05) is 16.1 Å².